The van der Waals surface area contributed by atoms with Gasteiger partial charge in [-0.1, -0.05) is 13.3 Å². The van der Waals surface area contributed by atoms with Crippen molar-refractivity contribution in [2.75, 3.05) is 26.9 Å². The van der Waals surface area contributed by atoms with Gasteiger partial charge < -0.3 is 19.3 Å². The molecule has 0 aliphatic heterocycles. The van der Waals surface area contributed by atoms with Crippen molar-refractivity contribution in [3.8, 4) is 0 Å². The lowest BCUT2D eigenvalue weighted by atomic mass is 9.88. The lowest BCUT2D eigenvalue weighted by Gasteiger charge is -2.40. The van der Waals surface area contributed by atoms with Crippen molar-refractivity contribution in [3.63, 3.8) is 0 Å². The van der Waals surface area contributed by atoms with Crippen LogP contribution in [0.15, 0.2) is 0 Å². The highest BCUT2D eigenvalue weighted by Crippen LogP contribution is 2.27. The van der Waals surface area contributed by atoms with E-state index < -0.39 is 0 Å². The average Bonchev–Trinajstić information content (AvgIpc) is 2.23. The highest BCUT2D eigenvalue weighted by atomic mass is 16.6. The molecule has 0 heterocycles. The smallest absolute Gasteiger partial charge is 0.110 e. The molecule has 1 rings (SSSR count). The maximum atomic E-state index is 9.49. The molecule has 0 bridgehead atoms. The van der Waals surface area contributed by atoms with Crippen molar-refractivity contribution in [2.24, 2.45) is 0 Å². The van der Waals surface area contributed by atoms with Gasteiger partial charge in [0.1, 0.15) is 6.10 Å². The van der Waals surface area contributed by atoms with Crippen LogP contribution in [0.2, 0.25) is 0 Å². The Morgan fingerprint density at radius 2 is 2.00 bits per heavy atom. The van der Waals surface area contributed by atoms with Gasteiger partial charge >= 0.3 is 0 Å². The predicted molar refractivity (Wildman–Crippen MR) is 56.9 cm³/mol. The monoisotopic (exact) mass is 218 g/mol. The van der Waals surface area contributed by atoms with Gasteiger partial charge in [0.25, 0.3) is 0 Å². The molecular formula is C11H22O4. The highest BCUT2D eigenvalue weighted by Gasteiger charge is 2.41. The first kappa shape index (κ1) is 12.9. The average molecular weight is 218 g/mol. The van der Waals surface area contributed by atoms with Crippen LogP contribution in [-0.2, 0) is 14.2 Å². The topological polar surface area (TPSA) is 47.9 Å². The summed E-state index contributed by atoms with van der Waals surface area (Å²) in [6.07, 6.45) is 2.44. The Morgan fingerprint density at radius 3 is 2.60 bits per heavy atom. The molecular weight excluding hydrogens is 196 g/mol. The number of unbranched alkanes of at least 4 members (excludes halogenated alkanes) is 1. The highest BCUT2D eigenvalue weighted by molar-refractivity contribution is 4.91. The second-order valence-corrected chi connectivity index (χ2v) is 3.89. The minimum Gasteiger partial charge on any atom is -0.390 e. The summed E-state index contributed by atoms with van der Waals surface area (Å²) in [6, 6.07) is 0. The molecule has 1 fully saturated rings. The second kappa shape index (κ2) is 7.17. The zero-order valence-electron chi connectivity index (χ0n) is 9.65. The van der Waals surface area contributed by atoms with Crippen molar-refractivity contribution in [1.29, 1.82) is 0 Å². The normalized spacial score (nSPS) is 30.2. The van der Waals surface area contributed by atoms with Gasteiger partial charge in [0, 0.05) is 20.1 Å². The van der Waals surface area contributed by atoms with Crippen LogP contribution in [0, 0.1) is 0 Å². The van der Waals surface area contributed by atoms with E-state index in [1.165, 1.54) is 0 Å². The molecule has 0 aromatic carbocycles. The minimum atomic E-state index is -0.367. The van der Waals surface area contributed by atoms with E-state index in [-0.39, 0.29) is 18.3 Å². The van der Waals surface area contributed by atoms with Crippen LogP contribution in [0.3, 0.4) is 0 Å². The van der Waals surface area contributed by atoms with E-state index in [1.54, 1.807) is 7.11 Å². The Hall–Kier alpha value is -0.160. The zero-order valence-corrected chi connectivity index (χ0v) is 9.65. The molecule has 1 aliphatic rings. The van der Waals surface area contributed by atoms with Gasteiger partial charge in [-0.2, -0.15) is 0 Å². The van der Waals surface area contributed by atoms with E-state index in [4.69, 9.17) is 14.2 Å². The quantitative estimate of drug-likeness (QED) is 0.617. The first-order valence-electron chi connectivity index (χ1n) is 5.69. The molecule has 3 atom stereocenters. The summed E-state index contributed by atoms with van der Waals surface area (Å²) in [5.41, 5.74) is 0. The number of ether oxygens (including phenoxy) is 3. The molecule has 4 nitrogen and oxygen atoms in total. The SMILES string of the molecule is CCCCOC1CC(O)C1OCCOC. The fraction of sp³-hybridized carbons (Fsp3) is 1.00. The molecule has 1 aliphatic carbocycles. The molecule has 4 heteroatoms. The first-order valence-corrected chi connectivity index (χ1v) is 5.69. The van der Waals surface area contributed by atoms with E-state index in [0.29, 0.717) is 19.6 Å². The summed E-state index contributed by atoms with van der Waals surface area (Å²) in [5, 5.41) is 9.49. The van der Waals surface area contributed by atoms with Crippen LogP contribution >= 0.6 is 0 Å². The van der Waals surface area contributed by atoms with Crippen molar-refractivity contribution in [1.82, 2.24) is 0 Å². The van der Waals surface area contributed by atoms with Crippen molar-refractivity contribution in [3.05, 3.63) is 0 Å². The molecule has 0 aromatic rings. The van der Waals surface area contributed by atoms with E-state index >= 15 is 0 Å². The number of aliphatic hydroxyl groups excluding tert-OH is 1. The number of rotatable bonds is 8. The van der Waals surface area contributed by atoms with Gasteiger partial charge in [-0.3, -0.25) is 0 Å². The van der Waals surface area contributed by atoms with Crippen LogP contribution in [-0.4, -0.2) is 50.3 Å². The minimum absolute atomic E-state index is 0.0726. The van der Waals surface area contributed by atoms with Gasteiger partial charge in [-0.05, 0) is 6.42 Å². The lowest BCUT2D eigenvalue weighted by molar-refractivity contribution is -0.195. The Morgan fingerprint density at radius 1 is 1.20 bits per heavy atom. The fourth-order valence-corrected chi connectivity index (χ4v) is 1.59. The first-order chi connectivity index (χ1) is 7.29. The Balaban J connectivity index is 2.10. The molecule has 1 saturated carbocycles. The fourth-order valence-electron chi connectivity index (χ4n) is 1.59. The largest absolute Gasteiger partial charge is 0.390 e. The number of hydrogen-bond donors (Lipinski definition) is 1. The van der Waals surface area contributed by atoms with E-state index in [0.717, 1.165) is 19.4 Å². The molecule has 0 saturated heterocycles. The predicted octanol–water partition coefficient (Wildman–Crippen LogP) is 0.968. The summed E-state index contributed by atoms with van der Waals surface area (Å²) >= 11 is 0. The molecule has 0 radical (unpaired) electrons. The van der Waals surface area contributed by atoms with E-state index in [9.17, 15) is 5.11 Å². The zero-order chi connectivity index (χ0) is 11.1. The summed E-state index contributed by atoms with van der Waals surface area (Å²) in [5.74, 6) is 0. The lowest BCUT2D eigenvalue weighted by Crippen LogP contribution is -2.54. The third-order valence-corrected chi connectivity index (χ3v) is 2.65. The Labute approximate surface area is 91.5 Å². The number of hydrogen-bond acceptors (Lipinski definition) is 4. The van der Waals surface area contributed by atoms with E-state index in [2.05, 4.69) is 6.92 Å². The molecule has 0 spiro atoms. The van der Waals surface area contributed by atoms with Crippen LogP contribution in [0.5, 0.6) is 0 Å². The molecule has 15 heavy (non-hydrogen) atoms. The van der Waals surface area contributed by atoms with Gasteiger partial charge in [0.2, 0.25) is 0 Å². The third-order valence-electron chi connectivity index (χ3n) is 2.65. The molecule has 0 amide bonds. The van der Waals surface area contributed by atoms with Gasteiger partial charge in [-0.15, -0.1) is 0 Å². The summed E-state index contributed by atoms with van der Waals surface area (Å²) in [6.45, 7) is 3.97. The van der Waals surface area contributed by atoms with Crippen molar-refractivity contribution < 1.29 is 19.3 Å². The maximum absolute atomic E-state index is 9.49. The van der Waals surface area contributed by atoms with Crippen LogP contribution in [0.4, 0.5) is 0 Å². The van der Waals surface area contributed by atoms with Crippen LogP contribution in [0.1, 0.15) is 26.2 Å². The molecule has 1 N–H and O–H groups in total. The summed E-state index contributed by atoms with van der Waals surface area (Å²) in [7, 11) is 1.63. The van der Waals surface area contributed by atoms with E-state index in [1.807, 2.05) is 0 Å². The van der Waals surface area contributed by atoms with Gasteiger partial charge in [0.15, 0.2) is 0 Å². The van der Waals surface area contributed by atoms with Crippen LogP contribution < -0.4 is 0 Å². The number of aliphatic hydroxyl groups is 1. The van der Waals surface area contributed by atoms with Crippen molar-refractivity contribution >= 4 is 0 Å². The molecule has 0 aromatic heterocycles. The van der Waals surface area contributed by atoms with Crippen LogP contribution in [0.25, 0.3) is 0 Å². The summed E-state index contributed by atoms with van der Waals surface area (Å²) < 4.78 is 16.0. The maximum Gasteiger partial charge on any atom is 0.110 e. The van der Waals surface area contributed by atoms with Gasteiger partial charge in [0.05, 0.1) is 25.4 Å². The second-order valence-electron chi connectivity index (χ2n) is 3.89. The number of methoxy groups -OCH3 is 1. The van der Waals surface area contributed by atoms with Gasteiger partial charge in [-0.25, -0.2) is 0 Å². The van der Waals surface area contributed by atoms with Crippen molar-refractivity contribution in [2.45, 2.75) is 44.5 Å². The standard InChI is InChI=1S/C11H22O4/c1-3-4-5-14-10-8-9(12)11(10)15-7-6-13-2/h9-12H,3-8H2,1-2H3. The molecule has 90 valence electrons. The molecule has 3 unspecified atom stereocenters. The Kier molecular flexibility index (Phi) is 6.17. The third kappa shape index (κ3) is 4.07. The summed E-state index contributed by atoms with van der Waals surface area (Å²) in [4.78, 5) is 0. The Bertz CT molecular complexity index is 163.